The molecule has 3 aliphatic rings. The number of benzene rings is 1. The largest absolute Gasteiger partial charge is 0.388 e. The normalized spacial score (nSPS) is 30.0. The van der Waals surface area contributed by atoms with Crippen molar-refractivity contribution in [1.29, 1.82) is 0 Å². The molecule has 5 rings (SSSR count). The highest BCUT2D eigenvalue weighted by atomic mass is 35.5. The van der Waals surface area contributed by atoms with Gasteiger partial charge in [-0.1, -0.05) is 34.4 Å². The van der Waals surface area contributed by atoms with Gasteiger partial charge in [0.2, 0.25) is 0 Å². The first kappa shape index (κ1) is 17.9. The number of halogens is 2. The van der Waals surface area contributed by atoms with E-state index >= 15 is 0 Å². The van der Waals surface area contributed by atoms with Crippen LogP contribution < -0.4 is 0 Å². The van der Waals surface area contributed by atoms with Gasteiger partial charge in [0, 0.05) is 17.0 Å². The highest BCUT2D eigenvalue weighted by molar-refractivity contribution is 6.39. The van der Waals surface area contributed by atoms with Crippen LogP contribution >= 0.6 is 23.2 Å². The highest BCUT2D eigenvalue weighted by Gasteiger charge is 2.48. The number of nitrogens with zero attached hydrogens (tertiary/aromatic N) is 1. The molecule has 27 heavy (non-hydrogen) atoms. The number of hydrogen-bond acceptors (Lipinski definition) is 6. The molecule has 3 fully saturated rings. The van der Waals surface area contributed by atoms with Gasteiger partial charge < -0.3 is 23.8 Å². The summed E-state index contributed by atoms with van der Waals surface area (Å²) >= 11 is 12.8. The zero-order valence-corrected chi connectivity index (χ0v) is 15.9. The van der Waals surface area contributed by atoms with Gasteiger partial charge in [-0.15, -0.1) is 0 Å². The molecular weight excluding hydrogens is 393 g/mol. The minimum absolute atomic E-state index is 0.247. The molecule has 2 unspecified atom stereocenters. The molecule has 2 aromatic rings. The molecule has 2 saturated heterocycles. The topological polar surface area (TPSA) is 74.0 Å². The van der Waals surface area contributed by atoms with Crippen LogP contribution in [0.25, 0.3) is 11.3 Å². The summed E-state index contributed by atoms with van der Waals surface area (Å²) < 4.78 is 23.0. The number of aliphatic hydroxyl groups excluding tert-OH is 1. The molecular formula is C19H19Cl2NO5. The van der Waals surface area contributed by atoms with E-state index in [1.165, 1.54) is 0 Å². The molecule has 3 heterocycles. The summed E-state index contributed by atoms with van der Waals surface area (Å²) in [7, 11) is 0. The Kier molecular flexibility index (Phi) is 4.66. The number of rotatable bonds is 5. The van der Waals surface area contributed by atoms with Gasteiger partial charge in [0.15, 0.2) is 0 Å². The van der Waals surface area contributed by atoms with E-state index in [1.807, 2.05) is 0 Å². The lowest BCUT2D eigenvalue weighted by Gasteiger charge is -2.17. The van der Waals surface area contributed by atoms with Crippen molar-refractivity contribution in [2.75, 3.05) is 13.2 Å². The molecule has 2 aliphatic heterocycles. The third-order valence-electron chi connectivity index (χ3n) is 5.39. The van der Waals surface area contributed by atoms with Gasteiger partial charge in [-0.25, -0.2) is 0 Å². The van der Waals surface area contributed by atoms with Crippen LogP contribution in [0.5, 0.6) is 0 Å². The first-order valence-electron chi connectivity index (χ1n) is 9.09. The summed E-state index contributed by atoms with van der Waals surface area (Å²) in [5.41, 5.74) is 2.15. The predicted molar refractivity (Wildman–Crippen MR) is 98.0 cm³/mol. The van der Waals surface area contributed by atoms with Crippen molar-refractivity contribution in [1.82, 2.24) is 5.16 Å². The first-order valence-corrected chi connectivity index (χ1v) is 9.84. The van der Waals surface area contributed by atoms with Crippen LogP contribution in [0.4, 0.5) is 0 Å². The molecule has 1 N–H and O–H groups in total. The van der Waals surface area contributed by atoms with E-state index in [2.05, 4.69) is 5.16 Å². The van der Waals surface area contributed by atoms with Crippen molar-refractivity contribution in [3.05, 3.63) is 39.6 Å². The number of fused-ring (bicyclic) bond motifs is 1. The highest BCUT2D eigenvalue weighted by Crippen LogP contribution is 2.46. The lowest BCUT2D eigenvalue weighted by molar-refractivity contribution is -0.0441. The van der Waals surface area contributed by atoms with Gasteiger partial charge in [0.1, 0.15) is 35.9 Å². The second-order valence-corrected chi connectivity index (χ2v) is 8.07. The van der Waals surface area contributed by atoms with E-state index < -0.39 is 6.10 Å². The fourth-order valence-electron chi connectivity index (χ4n) is 3.83. The van der Waals surface area contributed by atoms with E-state index in [0.717, 1.165) is 24.2 Å². The van der Waals surface area contributed by atoms with E-state index in [9.17, 15) is 5.11 Å². The van der Waals surface area contributed by atoms with E-state index in [-0.39, 0.29) is 24.9 Å². The average molecular weight is 412 g/mol. The molecule has 6 nitrogen and oxygen atoms in total. The third kappa shape index (κ3) is 3.18. The lowest BCUT2D eigenvalue weighted by atomic mass is 10.0. The van der Waals surface area contributed by atoms with Gasteiger partial charge in [-0.2, -0.15) is 0 Å². The van der Waals surface area contributed by atoms with Crippen molar-refractivity contribution in [2.45, 2.75) is 49.8 Å². The summed E-state index contributed by atoms with van der Waals surface area (Å²) in [6.45, 7) is 0.956. The van der Waals surface area contributed by atoms with Gasteiger partial charge in [-0.05, 0) is 25.0 Å². The van der Waals surface area contributed by atoms with E-state index in [4.69, 9.17) is 41.9 Å². The Morgan fingerprint density at radius 3 is 2.59 bits per heavy atom. The average Bonchev–Trinajstić information content (AvgIpc) is 3.12. The maximum atomic E-state index is 9.89. The van der Waals surface area contributed by atoms with Gasteiger partial charge in [0.05, 0.1) is 29.9 Å². The smallest absolute Gasteiger partial charge is 0.145 e. The Labute approximate surface area is 166 Å². The SMILES string of the molecule is O[C@H]1COC2C1OC[C@@H]2OCc1c(-c2c(Cl)cccc2Cl)noc1C1CC1. The van der Waals surface area contributed by atoms with Crippen molar-refractivity contribution in [2.24, 2.45) is 0 Å². The summed E-state index contributed by atoms with van der Waals surface area (Å²) in [5.74, 6) is 1.20. The van der Waals surface area contributed by atoms with Gasteiger partial charge >= 0.3 is 0 Å². The summed E-state index contributed by atoms with van der Waals surface area (Å²) in [6.07, 6.45) is 0.728. The fourth-order valence-corrected chi connectivity index (χ4v) is 4.40. The molecule has 0 bridgehead atoms. The van der Waals surface area contributed by atoms with Crippen LogP contribution in [0.15, 0.2) is 22.7 Å². The lowest BCUT2D eigenvalue weighted by Crippen LogP contribution is -2.32. The van der Waals surface area contributed by atoms with Gasteiger partial charge in [-0.3, -0.25) is 0 Å². The van der Waals surface area contributed by atoms with Crippen LogP contribution in [0.1, 0.15) is 30.1 Å². The quantitative estimate of drug-likeness (QED) is 0.810. The summed E-state index contributed by atoms with van der Waals surface area (Å²) in [5, 5.41) is 15.2. The third-order valence-corrected chi connectivity index (χ3v) is 6.02. The Morgan fingerprint density at radius 2 is 1.85 bits per heavy atom. The number of ether oxygens (including phenoxy) is 3. The van der Waals surface area contributed by atoms with E-state index in [0.29, 0.717) is 40.4 Å². The summed E-state index contributed by atoms with van der Waals surface area (Å²) in [6, 6.07) is 5.36. The van der Waals surface area contributed by atoms with Crippen LogP contribution in [0.3, 0.4) is 0 Å². The monoisotopic (exact) mass is 411 g/mol. The maximum Gasteiger partial charge on any atom is 0.145 e. The Balaban J connectivity index is 1.43. The molecule has 1 aromatic carbocycles. The zero-order valence-electron chi connectivity index (χ0n) is 14.4. The summed E-state index contributed by atoms with van der Waals surface area (Å²) in [4.78, 5) is 0. The van der Waals surface area contributed by atoms with Crippen molar-refractivity contribution in [3.63, 3.8) is 0 Å². The molecule has 8 heteroatoms. The molecule has 0 amide bonds. The molecule has 1 aliphatic carbocycles. The fraction of sp³-hybridized carbons (Fsp3) is 0.526. The Morgan fingerprint density at radius 1 is 1.11 bits per heavy atom. The Hall–Kier alpha value is -1.15. The molecule has 0 spiro atoms. The first-order chi connectivity index (χ1) is 13.1. The number of aromatic nitrogens is 1. The minimum atomic E-state index is -0.598. The maximum absolute atomic E-state index is 9.89. The van der Waals surface area contributed by atoms with Crippen LogP contribution in [0.2, 0.25) is 10.0 Å². The molecule has 144 valence electrons. The molecule has 1 aromatic heterocycles. The van der Waals surface area contributed by atoms with Crippen LogP contribution in [-0.2, 0) is 20.8 Å². The number of aliphatic hydroxyl groups is 1. The van der Waals surface area contributed by atoms with Crippen LogP contribution in [0, 0.1) is 0 Å². The minimum Gasteiger partial charge on any atom is -0.388 e. The number of hydrogen-bond donors (Lipinski definition) is 1. The standard InChI is InChI=1S/C19H19Cl2NO5/c20-11-2-1-3-12(21)15(11)16-10(17(27-22-16)9-4-5-9)6-24-14-8-26-18-13(23)7-25-19(14)18/h1-3,9,13-14,18-19,23H,4-8H2/t13-,14-,18?,19?/m0/s1. The van der Waals surface area contributed by atoms with Gasteiger partial charge in [0.25, 0.3) is 0 Å². The molecule has 4 atom stereocenters. The zero-order chi connectivity index (χ0) is 18.5. The second kappa shape index (κ2) is 7.03. The molecule has 1 saturated carbocycles. The molecule has 0 radical (unpaired) electrons. The van der Waals surface area contributed by atoms with Crippen molar-refractivity contribution >= 4 is 23.2 Å². The van der Waals surface area contributed by atoms with Crippen molar-refractivity contribution < 1.29 is 23.8 Å². The second-order valence-electron chi connectivity index (χ2n) is 7.26. The van der Waals surface area contributed by atoms with Crippen molar-refractivity contribution in [3.8, 4) is 11.3 Å². The predicted octanol–water partition coefficient (Wildman–Crippen LogP) is 3.57. The van der Waals surface area contributed by atoms with E-state index in [1.54, 1.807) is 18.2 Å². The van der Waals surface area contributed by atoms with Crippen LogP contribution in [-0.4, -0.2) is 47.9 Å². The Bertz CT molecular complexity index is 832.